The normalized spacial score (nSPS) is 18.5. The zero-order valence-electron chi connectivity index (χ0n) is 11.9. The zero-order chi connectivity index (χ0) is 15.6. The molecule has 1 aliphatic heterocycles. The van der Waals surface area contributed by atoms with Gasteiger partial charge in [-0.15, -0.1) is 0 Å². The smallest absolute Gasteiger partial charge is 0.354 e. The van der Waals surface area contributed by atoms with Gasteiger partial charge < -0.3 is 15.3 Å². The van der Waals surface area contributed by atoms with Crippen molar-refractivity contribution in [3.8, 4) is 0 Å². The second-order valence-electron chi connectivity index (χ2n) is 5.19. The second-order valence-corrected chi connectivity index (χ2v) is 5.19. The van der Waals surface area contributed by atoms with Gasteiger partial charge in [-0.2, -0.15) is 0 Å². The van der Waals surface area contributed by atoms with Gasteiger partial charge in [0.25, 0.3) is 5.91 Å². The number of carboxylic acids is 1. The quantitative estimate of drug-likeness (QED) is 0.838. The number of rotatable bonds is 3. The molecule has 1 atom stereocenters. The molecule has 0 aliphatic carbocycles. The van der Waals surface area contributed by atoms with Crippen LogP contribution in [0, 0.1) is 5.92 Å². The molecule has 1 aromatic heterocycles. The third kappa shape index (κ3) is 3.01. The van der Waals surface area contributed by atoms with Crippen molar-refractivity contribution in [1.29, 1.82) is 0 Å². The first kappa shape index (κ1) is 15.0. The van der Waals surface area contributed by atoms with Crippen molar-refractivity contribution in [3.05, 3.63) is 29.6 Å². The Hall–Kier alpha value is -2.44. The maximum atomic E-state index is 12.5. The number of carbonyl (C=O) groups is 3. The van der Waals surface area contributed by atoms with E-state index in [-0.39, 0.29) is 23.2 Å². The highest BCUT2D eigenvalue weighted by molar-refractivity contribution is 5.97. The highest BCUT2D eigenvalue weighted by atomic mass is 16.4. The van der Waals surface area contributed by atoms with E-state index in [2.05, 4.69) is 10.3 Å². The Morgan fingerprint density at radius 1 is 1.38 bits per heavy atom. The fraction of sp³-hybridized carbons (Fsp3) is 0.429. The fourth-order valence-corrected chi connectivity index (χ4v) is 2.40. The van der Waals surface area contributed by atoms with E-state index in [4.69, 9.17) is 5.11 Å². The summed E-state index contributed by atoms with van der Waals surface area (Å²) in [5.41, 5.74) is -0.154. The minimum Gasteiger partial charge on any atom is -0.477 e. The Kier molecular flexibility index (Phi) is 4.21. The van der Waals surface area contributed by atoms with Crippen LogP contribution in [0.15, 0.2) is 18.2 Å². The van der Waals surface area contributed by atoms with Gasteiger partial charge in [0.15, 0.2) is 0 Å². The summed E-state index contributed by atoms with van der Waals surface area (Å²) in [4.78, 5) is 40.7. The molecule has 1 saturated heterocycles. The Balaban J connectivity index is 2.31. The number of carbonyl (C=O) groups excluding carboxylic acids is 2. The number of hydrogen-bond donors (Lipinski definition) is 2. The summed E-state index contributed by atoms with van der Waals surface area (Å²) in [7, 11) is 0. The van der Waals surface area contributed by atoms with Crippen LogP contribution in [0.25, 0.3) is 0 Å². The lowest BCUT2D eigenvalue weighted by Crippen LogP contribution is -2.59. The van der Waals surface area contributed by atoms with Gasteiger partial charge in [0, 0.05) is 13.1 Å². The van der Waals surface area contributed by atoms with Crippen LogP contribution in [0.5, 0.6) is 0 Å². The Labute approximate surface area is 122 Å². The minimum atomic E-state index is -1.19. The van der Waals surface area contributed by atoms with E-state index < -0.39 is 17.9 Å². The van der Waals surface area contributed by atoms with Gasteiger partial charge in [-0.05, 0) is 18.1 Å². The molecule has 2 N–H and O–H groups in total. The van der Waals surface area contributed by atoms with Crippen molar-refractivity contribution < 1.29 is 19.5 Å². The predicted octanol–water partition coefficient (Wildman–Crippen LogP) is 0.376. The van der Waals surface area contributed by atoms with Crippen LogP contribution in [0.1, 0.15) is 34.8 Å². The fourth-order valence-electron chi connectivity index (χ4n) is 2.40. The van der Waals surface area contributed by atoms with Crippen LogP contribution in [0.3, 0.4) is 0 Å². The van der Waals surface area contributed by atoms with E-state index in [1.165, 1.54) is 23.1 Å². The van der Waals surface area contributed by atoms with E-state index in [9.17, 15) is 14.4 Å². The summed E-state index contributed by atoms with van der Waals surface area (Å²) < 4.78 is 0. The Morgan fingerprint density at radius 2 is 2.05 bits per heavy atom. The van der Waals surface area contributed by atoms with Gasteiger partial charge in [0.1, 0.15) is 17.4 Å². The lowest BCUT2D eigenvalue weighted by atomic mass is 9.99. The lowest BCUT2D eigenvalue weighted by Gasteiger charge is -2.37. The van der Waals surface area contributed by atoms with Crippen LogP contribution in [-0.2, 0) is 4.79 Å². The van der Waals surface area contributed by atoms with Gasteiger partial charge in [-0.3, -0.25) is 9.59 Å². The van der Waals surface area contributed by atoms with E-state index >= 15 is 0 Å². The van der Waals surface area contributed by atoms with E-state index in [1.54, 1.807) is 0 Å². The number of pyridine rings is 1. The Bertz CT molecular complexity index is 585. The SMILES string of the molecule is CC(C)C1C(=O)NCCN1C(=O)c1cccc(C(=O)O)n1. The number of nitrogens with one attached hydrogen (secondary N) is 1. The first-order valence-electron chi connectivity index (χ1n) is 6.71. The number of carboxylic acid groups (broad SMARTS) is 1. The summed E-state index contributed by atoms with van der Waals surface area (Å²) >= 11 is 0. The van der Waals surface area contributed by atoms with Crippen molar-refractivity contribution in [2.24, 2.45) is 5.92 Å². The average molecular weight is 291 g/mol. The molecule has 7 heteroatoms. The third-order valence-electron chi connectivity index (χ3n) is 3.34. The van der Waals surface area contributed by atoms with Gasteiger partial charge >= 0.3 is 5.97 Å². The number of piperazine rings is 1. The van der Waals surface area contributed by atoms with Crippen LogP contribution < -0.4 is 5.32 Å². The van der Waals surface area contributed by atoms with Crippen molar-refractivity contribution in [2.75, 3.05) is 13.1 Å². The number of nitrogens with zero attached hydrogens (tertiary/aromatic N) is 2. The molecular weight excluding hydrogens is 274 g/mol. The van der Waals surface area contributed by atoms with Gasteiger partial charge in [-0.25, -0.2) is 9.78 Å². The molecule has 1 unspecified atom stereocenters. The summed E-state index contributed by atoms with van der Waals surface area (Å²) in [5.74, 6) is -1.86. The molecule has 0 saturated carbocycles. The van der Waals surface area contributed by atoms with Crippen LogP contribution >= 0.6 is 0 Å². The Morgan fingerprint density at radius 3 is 2.67 bits per heavy atom. The van der Waals surface area contributed by atoms with Gasteiger partial charge in [-0.1, -0.05) is 19.9 Å². The van der Waals surface area contributed by atoms with E-state index in [1.807, 2.05) is 13.8 Å². The van der Waals surface area contributed by atoms with Gasteiger partial charge in [0.2, 0.25) is 5.91 Å². The number of aromatic nitrogens is 1. The van der Waals surface area contributed by atoms with Crippen molar-refractivity contribution in [1.82, 2.24) is 15.2 Å². The molecule has 2 rings (SSSR count). The van der Waals surface area contributed by atoms with E-state index in [0.717, 1.165) is 0 Å². The molecular formula is C14H17N3O4. The molecule has 0 aromatic carbocycles. The molecule has 21 heavy (non-hydrogen) atoms. The molecule has 1 aromatic rings. The van der Waals surface area contributed by atoms with Crippen molar-refractivity contribution >= 4 is 17.8 Å². The summed E-state index contributed by atoms with van der Waals surface area (Å²) in [6.07, 6.45) is 0. The topological polar surface area (TPSA) is 99.6 Å². The van der Waals surface area contributed by atoms with Crippen molar-refractivity contribution in [3.63, 3.8) is 0 Å². The molecule has 0 radical (unpaired) electrons. The van der Waals surface area contributed by atoms with Crippen LogP contribution in [0.2, 0.25) is 0 Å². The summed E-state index contributed by atoms with van der Waals surface area (Å²) in [6, 6.07) is 3.68. The monoisotopic (exact) mass is 291 g/mol. The molecule has 1 fully saturated rings. The van der Waals surface area contributed by atoms with Crippen LogP contribution in [-0.4, -0.2) is 51.9 Å². The molecule has 1 aliphatic rings. The number of amides is 2. The first-order chi connectivity index (χ1) is 9.91. The molecule has 0 spiro atoms. The van der Waals surface area contributed by atoms with Gasteiger partial charge in [0.05, 0.1) is 0 Å². The molecule has 7 nitrogen and oxygen atoms in total. The summed E-state index contributed by atoms with van der Waals surface area (Å²) in [6.45, 7) is 4.48. The second kappa shape index (κ2) is 5.90. The largest absolute Gasteiger partial charge is 0.477 e. The molecule has 2 heterocycles. The predicted molar refractivity (Wildman–Crippen MR) is 73.9 cm³/mol. The molecule has 2 amide bonds. The van der Waals surface area contributed by atoms with E-state index in [0.29, 0.717) is 13.1 Å². The first-order valence-corrected chi connectivity index (χ1v) is 6.71. The highest BCUT2D eigenvalue weighted by Crippen LogP contribution is 2.17. The maximum Gasteiger partial charge on any atom is 0.354 e. The van der Waals surface area contributed by atoms with Crippen LogP contribution in [0.4, 0.5) is 0 Å². The third-order valence-corrected chi connectivity index (χ3v) is 3.34. The average Bonchev–Trinajstić information content (AvgIpc) is 2.45. The summed E-state index contributed by atoms with van der Waals surface area (Å²) in [5, 5.41) is 11.7. The van der Waals surface area contributed by atoms with Crippen molar-refractivity contribution in [2.45, 2.75) is 19.9 Å². The molecule has 112 valence electrons. The zero-order valence-corrected chi connectivity index (χ0v) is 11.9. The highest BCUT2D eigenvalue weighted by Gasteiger charge is 2.36. The minimum absolute atomic E-state index is 0.0373. The maximum absolute atomic E-state index is 12.5. The standard InChI is InChI=1S/C14H17N3O4/c1-8(2)11-12(18)15-6-7-17(11)13(19)9-4-3-5-10(16-9)14(20)21/h3-5,8,11H,6-7H2,1-2H3,(H,15,18)(H,20,21). The lowest BCUT2D eigenvalue weighted by molar-refractivity contribution is -0.129. The molecule has 0 bridgehead atoms. The number of aromatic carboxylic acids is 1. The number of hydrogen-bond acceptors (Lipinski definition) is 4.